The number of hydrogen-bond acceptors (Lipinski definition) is 6. The normalized spacial score (nSPS) is 10.9. The molecule has 0 aromatic carbocycles. The van der Waals surface area contributed by atoms with Gasteiger partial charge in [-0.1, -0.05) is 19.9 Å². The lowest BCUT2D eigenvalue weighted by molar-refractivity contribution is 0.672. The number of aromatic nitrogens is 3. The largest absolute Gasteiger partial charge is 0.313 e. The standard InChI is InChI=1S/C14H20N4S2/c1-4-6-15-8-11-7-10(3)13(16-9-11)19-14-17-12(5-2)18-20-14/h7,9,15H,4-6,8H2,1-3H3. The first-order valence-electron chi connectivity index (χ1n) is 6.89. The SMILES string of the molecule is CCCNCc1cnc(Sc2nc(CC)ns2)c(C)c1. The number of pyridine rings is 1. The molecule has 0 saturated carbocycles. The first-order chi connectivity index (χ1) is 9.72. The van der Waals surface area contributed by atoms with Gasteiger partial charge in [0, 0.05) is 19.2 Å². The third kappa shape index (κ3) is 4.26. The lowest BCUT2D eigenvalue weighted by Crippen LogP contribution is -2.14. The van der Waals surface area contributed by atoms with Crippen LogP contribution in [0, 0.1) is 6.92 Å². The molecule has 108 valence electrons. The number of nitrogens with zero attached hydrogens (tertiary/aromatic N) is 3. The zero-order valence-corrected chi connectivity index (χ0v) is 13.8. The minimum absolute atomic E-state index is 0.880. The van der Waals surface area contributed by atoms with Crippen molar-refractivity contribution in [3.8, 4) is 0 Å². The zero-order valence-electron chi connectivity index (χ0n) is 12.1. The fraction of sp³-hybridized carbons (Fsp3) is 0.500. The van der Waals surface area contributed by atoms with Crippen LogP contribution in [-0.4, -0.2) is 20.9 Å². The van der Waals surface area contributed by atoms with Gasteiger partial charge in [-0.05, 0) is 54.3 Å². The van der Waals surface area contributed by atoms with Crippen molar-refractivity contribution in [2.45, 2.75) is 49.5 Å². The summed E-state index contributed by atoms with van der Waals surface area (Å²) in [6.45, 7) is 8.26. The molecule has 2 rings (SSSR count). The summed E-state index contributed by atoms with van der Waals surface area (Å²) in [5.74, 6) is 0.913. The van der Waals surface area contributed by atoms with E-state index in [0.29, 0.717) is 0 Å². The van der Waals surface area contributed by atoms with Crippen molar-refractivity contribution in [1.29, 1.82) is 0 Å². The molecule has 0 aliphatic heterocycles. The van der Waals surface area contributed by atoms with E-state index >= 15 is 0 Å². The van der Waals surface area contributed by atoms with Crippen LogP contribution < -0.4 is 5.32 Å². The molecule has 0 bridgehead atoms. The second-order valence-corrected chi connectivity index (χ2v) is 6.56. The first-order valence-corrected chi connectivity index (χ1v) is 8.48. The Balaban J connectivity index is 2.01. The summed E-state index contributed by atoms with van der Waals surface area (Å²) >= 11 is 3.05. The summed E-state index contributed by atoms with van der Waals surface area (Å²) in [4.78, 5) is 9.02. The third-order valence-corrected chi connectivity index (χ3v) is 4.70. The molecule has 0 saturated heterocycles. The van der Waals surface area contributed by atoms with Gasteiger partial charge in [0.25, 0.3) is 0 Å². The van der Waals surface area contributed by atoms with Crippen molar-refractivity contribution < 1.29 is 0 Å². The topological polar surface area (TPSA) is 50.7 Å². The van der Waals surface area contributed by atoms with Crippen molar-refractivity contribution in [2.75, 3.05) is 6.54 Å². The molecule has 1 N–H and O–H groups in total. The number of nitrogens with one attached hydrogen (secondary N) is 1. The van der Waals surface area contributed by atoms with Gasteiger partial charge in [-0.2, -0.15) is 4.37 Å². The van der Waals surface area contributed by atoms with E-state index in [4.69, 9.17) is 0 Å². The van der Waals surface area contributed by atoms with Crippen molar-refractivity contribution in [3.63, 3.8) is 0 Å². The molecule has 2 aromatic heterocycles. The van der Waals surface area contributed by atoms with Crippen LogP contribution >= 0.6 is 23.3 Å². The Bertz CT molecular complexity index is 554. The Morgan fingerprint density at radius 3 is 2.85 bits per heavy atom. The van der Waals surface area contributed by atoms with Gasteiger partial charge in [0.2, 0.25) is 0 Å². The first kappa shape index (κ1) is 15.4. The molecule has 0 unspecified atom stereocenters. The maximum Gasteiger partial charge on any atom is 0.176 e. The van der Waals surface area contributed by atoms with E-state index in [9.17, 15) is 0 Å². The van der Waals surface area contributed by atoms with E-state index in [1.807, 2.05) is 6.20 Å². The molecule has 0 atom stereocenters. The van der Waals surface area contributed by atoms with Crippen LogP contribution in [0.2, 0.25) is 0 Å². The van der Waals surface area contributed by atoms with E-state index in [1.165, 1.54) is 22.7 Å². The molecule has 0 fully saturated rings. The van der Waals surface area contributed by atoms with Gasteiger partial charge in [0.15, 0.2) is 4.34 Å². The molecule has 0 spiro atoms. The predicted octanol–water partition coefficient (Wildman–Crippen LogP) is 3.45. The van der Waals surface area contributed by atoms with Crippen LogP contribution in [0.5, 0.6) is 0 Å². The van der Waals surface area contributed by atoms with Crippen molar-refractivity contribution in [3.05, 3.63) is 29.2 Å². The molecular weight excluding hydrogens is 288 g/mol. The molecule has 0 amide bonds. The van der Waals surface area contributed by atoms with E-state index < -0.39 is 0 Å². The Hall–Kier alpha value is -0.980. The molecule has 20 heavy (non-hydrogen) atoms. The average Bonchev–Trinajstić information content (AvgIpc) is 2.90. The molecule has 2 aromatic rings. The van der Waals surface area contributed by atoms with Crippen molar-refractivity contribution in [1.82, 2.24) is 19.7 Å². The van der Waals surface area contributed by atoms with Crippen LogP contribution in [0.4, 0.5) is 0 Å². The summed E-state index contributed by atoms with van der Waals surface area (Å²) < 4.78 is 5.27. The van der Waals surface area contributed by atoms with Gasteiger partial charge < -0.3 is 5.32 Å². The van der Waals surface area contributed by atoms with Crippen molar-refractivity contribution >= 4 is 23.3 Å². The highest BCUT2D eigenvalue weighted by Crippen LogP contribution is 2.30. The monoisotopic (exact) mass is 308 g/mol. The van der Waals surface area contributed by atoms with Crippen LogP contribution in [-0.2, 0) is 13.0 Å². The summed E-state index contributed by atoms with van der Waals surface area (Å²) in [5, 5.41) is 4.41. The molecule has 6 heteroatoms. The van der Waals surface area contributed by atoms with E-state index in [0.717, 1.165) is 41.1 Å². The third-order valence-electron chi connectivity index (χ3n) is 2.79. The Morgan fingerprint density at radius 1 is 1.35 bits per heavy atom. The van der Waals surface area contributed by atoms with Gasteiger partial charge in [-0.3, -0.25) is 0 Å². The number of rotatable bonds is 7. The maximum absolute atomic E-state index is 4.55. The van der Waals surface area contributed by atoms with E-state index in [1.54, 1.807) is 11.8 Å². The van der Waals surface area contributed by atoms with Gasteiger partial charge >= 0.3 is 0 Å². The Morgan fingerprint density at radius 2 is 2.20 bits per heavy atom. The van der Waals surface area contributed by atoms with E-state index in [-0.39, 0.29) is 0 Å². The van der Waals surface area contributed by atoms with Crippen LogP contribution in [0.3, 0.4) is 0 Å². The molecule has 0 aliphatic carbocycles. The lowest BCUT2D eigenvalue weighted by Gasteiger charge is -2.06. The quantitative estimate of drug-likeness (QED) is 0.794. The fourth-order valence-electron chi connectivity index (χ4n) is 1.74. The van der Waals surface area contributed by atoms with Gasteiger partial charge in [-0.15, -0.1) is 0 Å². The summed E-state index contributed by atoms with van der Waals surface area (Å²) in [6, 6.07) is 2.19. The zero-order chi connectivity index (χ0) is 14.4. The predicted molar refractivity (Wildman–Crippen MR) is 84.4 cm³/mol. The highest BCUT2D eigenvalue weighted by atomic mass is 32.2. The summed E-state index contributed by atoms with van der Waals surface area (Å²) in [7, 11) is 0. The molecule has 0 radical (unpaired) electrons. The fourth-order valence-corrected chi connectivity index (χ4v) is 3.38. The minimum atomic E-state index is 0.880. The number of hydrogen-bond donors (Lipinski definition) is 1. The van der Waals surface area contributed by atoms with Crippen molar-refractivity contribution in [2.24, 2.45) is 0 Å². The summed E-state index contributed by atoms with van der Waals surface area (Å²) in [5.41, 5.74) is 2.42. The second kappa shape index (κ2) is 7.71. The smallest absolute Gasteiger partial charge is 0.176 e. The van der Waals surface area contributed by atoms with Crippen LogP contribution in [0.1, 0.15) is 37.2 Å². The summed E-state index contributed by atoms with van der Waals surface area (Å²) in [6.07, 6.45) is 3.97. The minimum Gasteiger partial charge on any atom is -0.313 e. The number of aryl methyl sites for hydroxylation is 2. The van der Waals surface area contributed by atoms with E-state index in [2.05, 4.69) is 46.5 Å². The average molecular weight is 308 g/mol. The van der Waals surface area contributed by atoms with Gasteiger partial charge in [0.05, 0.1) is 0 Å². The Kier molecular flexibility index (Phi) is 5.94. The second-order valence-electron chi connectivity index (χ2n) is 4.57. The van der Waals surface area contributed by atoms with Crippen LogP contribution in [0.15, 0.2) is 21.6 Å². The van der Waals surface area contributed by atoms with Gasteiger partial charge in [-0.25, -0.2) is 9.97 Å². The molecule has 4 nitrogen and oxygen atoms in total. The maximum atomic E-state index is 4.55. The lowest BCUT2D eigenvalue weighted by atomic mass is 10.2. The molecule has 2 heterocycles. The molecule has 0 aliphatic rings. The van der Waals surface area contributed by atoms with Gasteiger partial charge in [0.1, 0.15) is 10.9 Å². The highest BCUT2D eigenvalue weighted by Gasteiger charge is 2.08. The highest BCUT2D eigenvalue weighted by molar-refractivity contribution is 8.00. The van der Waals surface area contributed by atoms with Crippen LogP contribution in [0.25, 0.3) is 0 Å². The molecular formula is C14H20N4S2. The Labute approximate surface area is 128 Å².